The maximum atomic E-state index is 6.55. The van der Waals surface area contributed by atoms with Gasteiger partial charge in [-0.2, -0.15) is 12.6 Å². The first-order valence-electron chi connectivity index (χ1n) is 1.67. The Morgan fingerprint density at radius 1 is 1.60 bits per heavy atom. The van der Waals surface area contributed by atoms with Crippen LogP contribution in [-0.4, -0.2) is 12.3 Å². The second-order valence-corrected chi connectivity index (χ2v) is 1.27. The van der Waals surface area contributed by atoms with E-state index < -0.39 is 0 Å². The fourth-order valence-electron chi connectivity index (χ4n) is 0.0791. The van der Waals surface area contributed by atoms with Gasteiger partial charge in [0.05, 0.1) is 0 Å². The van der Waals surface area contributed by atoms with E-state index in [1.54, 1.807) is 0 Å². The average Bonchev–Trinajstić information content (AvgIpc) is 1.41. The molecule has 0 aliphatic heterocycles. The Morgan fingerprint density at radius 2 is 2.20 bits per heavy atom. The molecule has 0 rings (SSSR count). The van der Waals surface area contributed by atoms with Gasteiger partial charge in [-0.15, -0.1) is 0 Å². The third-order valence-electron chi connectivity index (χ3n) is 0.335. The van der Waals surface area contributed by atoms with Gasteiger partial charge in [-0.05, 0) is 12.2 Å². The molecule has 0 aromatic rings. The summed E-state index contributed by atoms with van der Waals surface area (Å²) in [5.41, 5.74) is 6.55. The summed E-state index contributed by atoms with van der Waals surface area (Å²) in [5, 5.41) is 0. The second kappa shape index (κ2) is 4.31. The minimum absolute atomic E-state index is 0.517. The van der Waals surface area contributed by atoms with Crippen LogP contribution in [0.5, 0.6) is 0 Å². The van der Waals surface area contributed by atoms with Crippen LogP contribution in [0.15, 0.2) is 0 Å². The number of rotatable bonds is 2. The zero-order valence-corrected chi connectivity index (χ0v) is 3.96. The molecule has 1 radical (unpaired) electrons. The van der Waals surface area contributed by atoms with Crippen molar-refractivity contribution in [3.05, 3.63) is 0 Å². The van der Waals surface area contributed by atoms with Gasteiger partial charge in [-0.1, -0.05) is 0 Å². The number of nitrogens with one attached hydrogen (secondary N) is 1. The Morgan fingerprint density at radius 3 is 2.20 bits per heavy atom. The largest absolute Gasteiger partial charge is 0.258 e. The summed E-state index contributed by atoms with van der Waals surface area (Å²) in [6.07, 6.45) is 0.920. The molecule has 0 spiro atoms. The first-order chi connectivity index (χ1) is 2.41. The molecule has 0 fully saturated rings. The molecule has 0 aromatic carbocycles. The van der Waals surface area contributed by atoms with E-state index in [9.17, 15) is 0 Å². The molecule has 0 saturated carbocycles. The van der Waals surface area contributed by atoms with Gasteiger partial charge in [-0.3, -0.25) is 5.73 Å². The normalized spacial score (nSPS) is 8.40. The fraction of sp³-hybridized carbons (Fsp3) is 1.00. The third kappa shape index (κ3) is 4.31. The molecule has 1 nitrogen and oxygen atoms in total. The van der Waals surface area contributed by atoms with E-state index in [1.165, 1.54) is 0 Å². The topological polar surface area (TPSA) is 23.8 Å². The van der Waals surface area contributed by atoms with Gasteiger partial charge in [0, 0.05) is 6.54 Å². The molecule has 0 heterocycles. The summed E-state index contributed by atoms with van der Waals surface area (Å²) in [7, 11) is 0. The zero-order chi connectivity index (χ0) is 4.12. The van der Waals surface area contributed by atoms with Gasteiger partial charge in [0.15, 0.2) is 0 Å². The van der Waals surface area contributed by atoms with Crippen molar-refractivity contribution in [2.24, 2.45) is 0 Å². The summed E-state index contributed by atoms with van der Waals surface area (Å²) < 4.78 is 0. The lowest BCUT2D eigenvalue weighted by atomic mass is 10.5. The van der Waals surface area contributed by atoms with Gasteiger partial charge in [0.2, 0.25) is 0 Å². The number of hydrogen-bond acceptors (Lipinski definition) is 1. The monoisotopic (exact) mass is 90.0 g/mol. The first kappa shape index (κ1) is 5.31. The van der Waals surface area contributed by atoms with Crippen LogP contribution in [0.25, 0.3) is 0 Å². The number of thiol groups is 1. The van der Waals surface area contributed by atoms with E-state index >= 15 is 0 Å². The van der Waals surface area contributed by atoms with Gasteiger partial charge in [0.1, 0.15) is 0 Å². The van der Waals surface area contributed by atoms with Gasteiger partial charge in [-0.25, -0.2) is 0 Å². The van der Waals surface area contributed by atoms with Crippen molar-refractivity contribution in [3.8, 4) is 0 Å². The Hall–Kier alpha value is 0.310. The predicted octanol–water partition coefficient (Wildman–Crippen LogP) is 0.589. The van der Waals surface area contributed by atoms with Gasteiger partial charge in [0.25, 0.3) is 0 Å². The zero-order valence-electron chi connectivity index (χ0n) is 3.07. The van der Waals surface area contributed by atoms with E-state index in [0.29, 0.717) is 6.54 Å². The van der Waals surface area contributed by atoms with Crippen LogP contribution in [0.1, 0.15) is 6.42 Å². The Bertz CT molecular complexity index is 14.4. The lowest BCUT2D eigenvalue weighted by Gasteiger charge is -1.78. The van der Waals surface area contributed by atoms with Crippen LogP contribution in [0.3, 0.4) is 0 Å². The van der Waals surface area contributed by atoms with Gasteiger partial charge >= 0.3 is 0 Å². The number of hydrogen-bond donors (Lipinski definition) is 1. The van der Waals surface area contributed by atoms with Crippen LogP contribution in [-0.2, 0) is 0 Å². The highest BCUT2D eigenvalue weighted by Gasteiger charge is 1.69. The van der Waals surface area contributed by atoms with Crippen molar-refractivity contribution in [2.45, 2.75) is 6.42 Å². The van der Waals surface area contributed by atoms with E-state index in [-0.39, 0.29) is 0 Å². The molecule has 31 valence electrons. The van der Waals surface area contributed by atoms with Crippen molar-refractivity contribution < 1.29 is 0 Å². The van der Waals surface area contributed by atoms with Crippen LogP contribution < -0.4 is 5.73 Å². The van der Waals surface area contributed by atoms with E-state index in [2.05, 4.69) is 12.6 Å². The average molecular weight is 90.2 g/mol. The SMILES string of the molecule is [NH]CCCS. The lowest BCUT2D eigenvalue weighted by Crippen LogP contribution is -1.82. The van der Waals surface area contributed by atoms with Crippen LogP contribution in [0.4, 0.5) is 0 Å². The van der Waals surface area contributed by atoms with Crippen molar-refractivity contribution >= 4 is 12.6 Å². The van der Waals surface area contributed by atoms with Crippen molar-refractivity contribution in [2.75, 3.05) is 12.3 Å². The Balaban J connectivity index is 2.19. The quantitative estimate of drug-likeness (QED) is 0.480. The minimum Gasteiger partial charge on any atom is -0.258 e. The maximum Gasteiger partial charge on any atom is 0.0108 e. The van der Waals surface area contributed by atoms with Gasteiger partial charge < -0.3 is 0 Å². The molecule has 0 unspecified atom stereocenters. The first-order valence-corrected chi connectivity index (χ1v) is 2.30. The molecule has 0 aliphatic carbocycles. The third-order valence-corrected chi connectivity index (χ3v) is 0.651. The summed E-state index contributed by atoms with van der Waals surface area (Å²) in [5.74, 6) is 0.851. The fourth-order valence-corrected chi connectivity index (χ4v) is 0.237. The summed E-state index contributed by atoms with van der Waals surface area (Å²) in [6, 6.07) is 0. The Kier molecular flexibility index (Phi) is 4.58. The molecule has 0 aliphatic rings. The molecular formula is C3H8NS. The summed E-state index contributed by atoms with van der Waals surface area (Å²) in [6.45, 7) is 0.517. The maximum absolute atomic E-state index is 6.55. The van der Waals surface area contributed by atoms with Crippen LogP contribution in [0.2, 0.25) is 0 Å². The van der Waals surface area contributed by atoms with Crippen molar-refractivity contribution in [3.63, 3.8) is 0 Å². The van der Waals surface area contributed by atoms with E-state index in [1.807, 2.05) is 0 Å². The van der Waals surface area contributed by atoms with E-state index in [0.717, 1.165) is 12.2 Å². The molecule has 0 amide bonds. The predicted molar refractivity (Wildman–Crippen MR) is 26.4 cm³/mol. The van der Waals surface area contributed by atoms with Crippen LogP contribution >= 0.6 is 12.6 Å². The highest BCUT2D eigenvalue weighted by molar-refractivity contribution is 7.80. The highest BCUT2D eigenvalue weighted by atomic mass is 32.1. The molecule has 5 heavy (non-hydrogen) atoms. The lowest BCUT2D eigenvalue weighted by molar-refractivity contribution is 0.920. The molecule has 0 atom stereocenters. The minimum atomic E-state index is 0.517. The summed E-state index contributed by atoms with van der Waals surface area (Å²) in [4.78, 5) is 0. The Labute approximate surface area is 38.0 Å². The van der Waals surface area contributed by atoms with E-state index in [4.69, 9.17) is 5.73 Å². The molecular weight excluding hydrogens is 82.1 g/mol. The van der Waals surface area contributed by atoms with Crippen molar-refractivity contribution in [1.82, 2.24) is 5.73 Å². The molecule has 0 bridgehead atoms. The second-order valence-electron chi connectivity index (χ2n) is 0.827. The molecule has 2 heteroatoms. The smallest absolute Gasteiger partial charge is 0.0108 e. The van der Waals surface area contributed by atoms with Crippen molar-refractivity contribution in [1.29, 1.82) is 0 Å². The molecule has 0 saturated heterocycles. The highest BCUT2D eigenvalue weighted by Crippen LogP contribution is 1.76. The summed E-state index contributed by atoms with van der Waals surface area (Å²) >= 11 is 3.88. The molecule has 0 aromatic heterocycles. The van der Waals surface area contributed by atoms with Crippen LogP contribution in [0, 0.1) is 0 Å². The standard InChI is InChI=1S/C3H8NS/c4-2-1-3-5/h4-5H,1-3H2. The molecule has 1 N–H and O–H groups in total.